The van der Waals surface area contributed by atoms with Gasteiger partial charge in [-0.2, -0.15) is 0 Å². The van der Waals surface area contributed by atoms with E-state index >= 15 is 0 Å². The molecule has 2 heterocycles. The van der Waals surface area contributed by atoms with Crippen molar-refractivity contribution in [2.24, 2.45) is 0 Å². The van der Waals surface area contributed by atoms with E-state index in [1.54, 1.807) is 6.08 Å². The van der Waals surface area contributed by atoms with Gasteiger partial charge in [-0.3, -0.25) is 4.79 Å². The third kappa shape index (κ3) is 38.2. The fourth-order valence-electron chi connectivity index (χ4n) is 10.4. The number of aliphatic hydroxyl groups is 8. The largest absolute Gasteiger partial charge is 0.394 e. The fourth-order valence-corrected chi connectivity index (χ4v) is 10.4. The summed E-state index contributed by atoms with van der Waals surface area (Å²) in [6, 6.07) is -0.941. The van der Waals surface area contributed by atoms with Crippen molar-refractivity contribution in [2.75, 3.05) is 19.8 Å². The van der Waals surface area contributed by atoms with E-state index in [-0.39, 0.29) is 18.9 Å². The van der Waals surface area contributed by atoms with E-state index in [9.17, 15) is 45.6 Å². The second kappa shape index (κ2) is 54.1. The van der Waals surface area contributed by atoms with Crippen molar-refractivity contribution in [2.45, 2.75) is 319 Å². The van der Waals surface area contributed by atoms with E-state index in [2.05, 4.69) is 104 Å². The molecule has 9 N–H and O–H groups in total. The minimum Gasteiger partial charge on any atom is -0.394 e. The number of carbonyl (C=O) groups is 1. The van der Waals surface area contributed by atoms with Crippen LogP contribution in [0.5, 0.6) is 0 Å². The number of amides is 1. The summed E-state index contributed by atoms with van der Waals surface area (Å²) in [6.45, 7) is 2.64. The van der Waals surface area contributed by atoms with Gasteiger partial charge in [0.1, 0.15) is 48.8 Å². The van der Waals surface area contributed by atoms with E-state index in [4.69, 9.17) is 18.9 Å². The van der Waals surface area contributed by atoms with Gasteiger partial charge in [-0.25, -0.2) is 0 Å². The lowest BCUT2D eigenvalue weighted by molar-refractivity contribution is -0.359. The van der Waals surface area contributed by atoms with Crippen molar-refractivity contribution in [3.8, 4) is 0 Å². The van der Waals surface area contributed by atoms with Crippen molar-refractivity contribution in [1.29, 1.82) is 0 Å². The summed E-state index contributed by atoms with van der Waals surface area (Å²) in [5.41, 5.74) is 0. The highest BCUT2D eigenvalue weighted by molar-refractivity contribution is 5.76. The molecule has 2 fully saturated rings. The predicted octanol–water partition coefficient (Wildman–Crippen LogP) is 13.0. The SMILES string of the molecule is CC/C=C\C/C=C\C/C=C\C/C=C\C/C=C\CCCCCCCCCCCCCCCCCCCCCC(=O)NC(COC1OC(CO)C(OC2OC(CO)C(O)C(O)C2O)C(O)C1O)C(O)/C=C/CC/C=C/CC/C=C/CCCCCCC. The number of rotatable bonds is 53. The van der Waals surface area contributed by atoms with Crippen LogP contribution in [0.1, 0.15) is 245 Å². The highest BCUT2D eigenvalue weighted by Gasteiger charge is 2.51. The zero-order valence-electron chi connectivity index (χ0n) is 52.4. The monoisotopic (exact) mass is 1180 g/mol. The van der Waals surface area contributed by atoms with E-state index in [1.165, 1.54) is 135 Å². The average molecular weight is 1180 g/mol. The van der Waals surface area contributed by atoms with Gasteiger partial charge in [0.25, 0.3) is 0 Å². The van der Waals surface area contributed by atoms with Crippen molar-refractivity contribution in [3.05, 3.63) is 97.2 Å². The first-order valence-electron chi connectivity index (χ1n) is 33.5. The molecule has 2 aliphatic heterocycles. The molecule has 0 bridgehead atoms. The molecule has 484 valence electrons. The van der Waals surface area contributed by atoms with E-state index < -0.39 is 86.8 Å². The molecule has 2 rings (SSSR count). The third-order valence-corrected chi connectivity index (χ3v) is 15.7. The van der Waals surface area contributed by atoms with Gasteiger partial charge < -0.3 is 65.1 Å². The minimum atomic E-state index is -1.80. The molecule has 0 radical (unpaired) electrons. The van der Waals surface area contributed by atoms with E-state index in [1.807, 2.05) is 6.08 Å². The van der Waals surface area contributed by atoms with Crippen LogP contribution in [0.15, 0.2) is 97.2 Å². The Labute approximate surface area is 509 Å². The first-order valence-corrected chi connectivity index (χ1v) is 33.5. The lowest BCUT2D eigenvalue weighted by atomic mass is 9.97. The molecule has 1 amide bonds. The molecule has 0 aromatic rings. The van der Waals surface area contributed by atoms with Crippen LogP contribution < -0.4 is 5.32 Å². The molecule has 2 aliphatic rings. The highest BCUT2D eigenvalue weighted by Crippen LogP contribution is 2.30. The normalized spacial score (nSPS) is 24.3. The third-order valence-electron chi connectivity index (χ3n) is 15.7. The summed E-state index contributed by atoms with van der Waals surface area (Å²) in [5.74, 6) is -0.254. The Kier molecular flexibility index (Phi) is 49.6. The van der Waals surface area contributed by atoms with Gasteiger partial charge in [-0.1, -0.05) is 246 Å². The maximum atomic E-state index is 13.3. The topological polar surface area (TPSA) is 228 Å². The van der Waals surface area contributed by atoms with Gasteiger partial charge in [0, 0.05) is 6.42 Å². The van der Waals surface area contributed by atoms with Crippen molar-refractivity contribution in [1.82, 2.24) is 5.32 Å². The molecule has 0 aliphatic carbocycles. The van der Waals surface area contributed by atoms with Crippen LogP contribution in [0, 0.1) is 0 Å². The lowest BCUT2D eigenvalue weighted by Crippen LogP contribution is -2.65. The van der Waals surface area contributed by atoms with Crippen LogP contribution in [0.25, 0.3) is 0 Å². The van der Waals surface area contributed by atoms with Crippen molar-refractivity contribution >= 4 is 5.91 Å². The number of unbranched alkanes of at least 4 members (excludes halogenated alkanes) is 26. The van der Waals surface area contributed by atoms with Crippen LogP contribution in [-0.2, 0) is 23.7 Å². The number of nitrogens with one attached hydrogen (secondary N) is 1. The molecule has 12 atom stereocenters. The quantitative estimate of drug-likeness (QED) is 0.0204. The molecule has 14 nitrogen and oxygen atoms in total. The van der Waals surface area contributed by atoms with Gasteiger partial charge in [0.15, 0.2) is 12.6 Å². The molecule has 0 aromatic heterocycles. The summed E-state index contributed by atoms with van der Waals surface area (Å²) in [4.78, 5) is 13.3. The Morgan fingerprint density at radius 2 is 0.833 bits per heavy atom. The fraction of sp³-hybridized carbons (Fsp3) is 0.757. The predicted molar refractivity (Wildman–Crippen MR) is 341 cm³/mol. The Hall–Kier alpha value is -3.09. The van der Waals surface area contributed by atoms with E-state index in [0.29, 0.717) is 12.8 Å². The van der Waals surface area contributed by atoms with Crippen LogP contribution >= 0.6 is 0 Å². The lowest BCUT2D eigenvalue weighted by Gasteiger charge is -2.46. The molecule has 2 saturated heterocycles. The maximum Gasteiger partial charge on any atom is 0.220 e. The summed E-state index contributed by atoms with van der Waals surface area (Å²) < 4.78 is 22.8. The van der Waals surface area contributed by atoms with Crippen molar-refractivity contribution < 1.29 is 64.6 Å². The average Bonchev–Trinajstić information content (AvgIpc) is 3.23. The van der Waals surface area contributed by atoms with Gasteiger partial charge in [-0.15, -0.1) is 0 Å². The van der Waals surface area contributed by atoms with Crippen LogP contribution in [0.2, 0.25) is 0 Å². The molecular weight excluding hydrogens is 1060 g/mol. The zero-order valence-corrected chi connectivity index (χ0v) is 52.4. The molecule has 0 saturated carbocycles. The number of allylic oxidation sites excluding steroid dienone is 15. The summed E-state index contributed by atoms with van der Waals surface area (Å²) in [6.07, 6.45) is 59.0. The molecule has 0 aromatic carbocycles. The second-order valence-electron chi connectivity index (χ2n) is 23.2. The summed E-state index contributed by atoms with van der Waals surface area (Å²) in [7, 11) is 0. The number of carbonyl (C=O) groups excluding carboxylic acids is 1. The van der Waals surface area contributed by atoms with Gasteiger partial charge >= 0.3 is 0 Å². The Bertz CT molecular complexity index is 1780. The Morgan fingerprint density at radius 1 is 0.440 bits per heavy atom. The van der Waals surface area contributed by atoms with Crippen LogP contribution in [0.3, 0.4) is 0 Å². The molecule has 84 heavy (non-hydrogen) atoms. The van der Waals surface area contributed by atoms with Crippen LogP contribution in [0.4, 0.5) is 0 Å². The second-order valence-corrected chi connectivity index (χ2v) is 23.2. The molecule has 14 heteroatoms. The Morgan fingerprint density at radius 3 is 1.31 bits per heavy atom. The van der Waals surface area contributed by atoms with Gasteiger partial charge in [0.2, 0.25) is 5.91 Å². The number of aliphatic hydroxyl groups excluding tert-OH is 8. The smallest absolute Gasteiger partial charge is 0.220 e. The number of hydrogen-bond acceptors (Lipinski definition) is 13. The molecular formula is C70H121NO13. The van der Waals surface area contributed by atoms with Gasteiger partial charge in [-0.05, 0) is 89.9 Å². The number of ether oxygens (including phenoxy) is 4. The maximum absolute atomic E-state index is 13.3. The standard InChI is InChI=1S/C70H121NO13/c1-3-5-7-9-11-13-15-17-19-20-21-22-23-24-25-26-27-28-29-30-31-32-33-34-35-36-37-38-40-42-44-46-48-50-52-54-62(75)71-58(59(74)53-51-49-47-45-43-41-39-18-16-14-12-10-8-6-4-2)57-81-69-67(80)65(78)68(61(56-73)83-69)84-70-66(79)64(77)63(76)60(55-72)82-70/h5,7,11,13,16-19,21-22,24-25,43,45,51,53,58-61,63-70,72-74,76-80H,3-4,6,8-10,12,14-15,20,23,26-42,44,46-50,52,54-57H2,1-2H3,(H,71,75)/b7-5-,13-11-,18-16+,19-17-,22-21-,25-24-,45-43+,53-51+. The number of hydrogen-bond donors (Lipinski definition) is 9. The minimum absolute atomic E-state index is 0.254. The van der Waals surface area contributed by atoms with E-state index in [0.717, 1.165) is 77.0 Å². The van der Waals surface area contributed by atoms with Gasteiger partial charge in [0.05, 0.1) is 32.0 Å². The molecule has 12 unspecified atom stereocenters. The highest BCUT2D eigenvalue weighted by atomic mass is 16.7. The zero-order chi connectivity index (χ0) is 60.9. The van der Waals surface area contributed by atoms with Crippen molar-refractivity contribution in [3.63, 3.8) is 0 Å². The Balaban J connectivity index is 1.63. The first-order chi connectivity index (χ1) is 41.1. The summed E-state index contributed by atoms with van der Waals surface area (Å²) >= 11 is 0. The first kappa shape index (κ1) is 77.0. The molecule has 0 spiro atoms. The van der Waals surface area contributed by atoms with Crippen LogP contribution in [-0.4, -0.2) is 140 Å². The summed E-state index contributed by atoms with van der Waals surface area (Å²) in [5, 5.41) is 87.2.